The Morgan fingerprint density at radius 1 is 1.03 bits per heavy atom. The molecule has 29 heavy (non-hydrogen) atoms. The summed E-state index contributed by atoms with van der Waals surface area (Å²) in [6.07, 6.45) is 3.89. The fourth-order valence-corrected chi connectivity index (χ4v) is 3.77. The van der Waals surface area contributed by atoms with E-state index in [0.29, 0.717) is 24.2 Å². The second-order valence-electron chi connectivity index (χ2n) is 7.19. The summed E-state index contributed by atoms with van der Waals surface area (Å²) in [5, 5.41) is 0. The normalized spacial score (nSPS) is 12.6. The van der Waals surface area contributed by atoms with Gasteiger partial charge >= 0.3 is 0 Å². The number of amides is 2. The third kappa shape index (κ3) is 3.63. The molecule has 4 rings (SSSR count). The average molecular weight is 385 g/mol. The molecular formula is C24H23N3O2. The van der Waals surface area contributed by atoms with Gasteiger partial charge in [-0.2, -0.15) is 0 Å². The number of hydrogen-bond acceptors (Lipinski definition) is 3. The van der Waals surface area contributed by atoms with Crippen LogP contribution in [0.4, 0.5) is 11.4 Å². The summed E-state index contributed by atoms with van der Waals surface area (Å²) in [5.74, 6) is -0.294. The van der Waals surface area contributed by atoms with Gasteiger partial charge in [-0.25, -0.2) is 0 Å². The van der Waals surface area contributed by atoms with Gasteiger partial charge in [0.05, 0.1) is 11.1 Å². The minimum Gasteiger partial charge on any atom is -0.309 e. The number of aromatic nitrogens is 1. The summed E-state index contributed by atoms with van der Waals surface area (Å²) in [5.41, 5.74) is 4.85. The molecule has 0 bridgehead atoms. The number of rotatable bonds is 4. The van der Waals surface area contributed by atoms with Gasteiger partial charge in [0.25, 0.3) is 11.8 Å². The van der Waals surface area contributed by atoms with Crippen LogP contribution in [0.1, 0.15) is 38.8 Å². The Morgan fingerprint density at radius 2 is 1.83 bits per heavy atom. The fourth-order valence-electron chi connectivity index (χ4n) is 3.77. The standard InChI is InChI=1S/C24H23N3O2/c1-3-26(21-9-6-7-17(2)13-21)23(28)19-14-20(16-25-15-19)24(29)27-12-11-18-8-4-5-10-22(18)27/h4-10,13-16H,3,11-12H2,1-2H3. The van der Waals surface area contributed by atoms with Crippen LogP contribution in [0, 0.1) is 6.92 Å². The molecule has 2 amide bonds. The highest BCUT2D eigenvalue weighted by Crippen LogP contribution is 2.29. The summed E-state index contributed by atoms with van der Waals surface area (Å²) < 4.78 is 0. The van der Waals surface area contributed by atoms with Crippen LogP contribution in [-0.4, -0.2) is 29.9 Å². The second kappa shape index (κ2) is 7.87. The quantitative estimate of drug-likeness (QED) is 0.674. The number of anilines is 2. The minimum absolute atomic E-state index is 0.129. The smallest absolute Gasteiger partial charge is 0.259 e. The van der Waals surface area contributed by atoms with Gasteiger partial charge in [-0.15, -0.1) is 0 Å². The van der Waals surface area contributed by atoms with Gasteiger partial charge in [-0.1, -0.05) is 30.3 Å². The summed E-state index contributed by atoms with van der Waals surface area (Å²) in [7, 11) is 0. The summed E-state index contributed by atoms with van der Waals surface area (Å²) in [4.78, 5) is 33.9. The summed E-state index contributed by atoms with van der Waals surface area (Å²) in [6, 6.07) is 17.4. The zero-order chi connectivity index (χ0) is 20.4. The van der Waals surface area contributed by atoms with E-state index in [1.165, 1.54) is 12.4 Å². The van der Waals surface area contributed by atoms with E-state index < -0.39 is 0 Å². The van der Waals surface area contributed by atoms with Crippen LogP contribution in [0.25, 0.3) is 0 Å². The van der Waals surface area contributed by atoms with Crippen molar-refractivity contribution in [3.8, 4) is 0 Å². The van der Waals surface area contributed by atoms with Gasteiger partial charge in [-0.3, -0.25) is 14.6 Å². The van der Waals surface area contributed by atoms with Crippen LogP contribution in [-0.2, 0) is 6.42 Å². The van der Waals surface area contributed by atoms with Crippen LogP contribution in [0.3, 0.4) is 0 Å². The first-order valence-corrected chi connectivity index (χ1v) is 9.82. The lowest BCUT2D eigenvalue weighted by molar-refractivity contribution is 0.0988. The summed E-state index contributed by atoms with van der Waals surface area (Å²) in [6.45, 7) is 5.10. The number of fused-ring (bicyclic) bond motifs is 1. The highest BCUT2D eigenvalue weighted by molar-refractivity contribution is 6.10. The number of nitrogens with zero attached hydrogens (tertiary/aromatic N) is 3. The molecule has 1 aliphatic rings. The fraction of sp³-hybridized carbons (Fsp3) is 0.208. The molecule has 0 saturated heterocycles. The largest absolute Gasteiger partial charge is 0.309 e. The predicted molar refractivity (Wildman–Crippen MR) is 115 cm³/mol. The Labute approximate surface area is 170 Å². The van der Waals surface area contributed by atoms with Gasteiger partial charge in [0.15, 0.2) is 0 Å². The van der Waals surface area contributed by atoms with Crippen LogP contribution < -0.4 is 9.80 Å². The monoisotopic (exact) mass is 385 g/mol. The molecule has 5 heteroatoms. The number of carbonyl (C=O) groups is 2. The number of aryl methyl sites for hydroxylation is 1. The molecule has 2 heterocycles. The molecule has 0 fully saturated rings. The topological polar surface area (TPSA) is 53.5 Å². The Hall–Kier alpha value is -3.47. The van der Waals surface area contributed by atoms with Crippen molar-refractivity contribution in [1.29, 1.82) is 0 Å². The van der Waals surface area contributed by atoms with Crippen molar-refractivity contribution in [1.82, 2.24) is 4.98 Å². The van der Waals surface area contributed by atoms with Crippen molar-refractivity contribution in [2.24, 2.45) is 0 Å². The van der Waals surface area contributed by atoms with Gasteiger partial charge in [0.1, 0.15) is 0 Å². The number of carbonyl (C=O) groups excluding carboxylic acids is 2. The lowest BCUT2D eigenvalue weighted by Crippen LogP contribution is -2.32. The third-order valence-electron chi connectivity index (χ3n) is 5.24. The second-order valence-corrected chi connectivity index (χ2v) is 7.19. The van der Waals surface area contributed by atoms with E-state index in [0.717, 1.165) is 28.9 Å². The highest BCUT2D eigenvalue weighted by Gasteiger charge is 2.26. The van der Waals surface area contributed by atoms with E-state index in [2.05, 4.69) is 4.98 Å². The molecule has 2 aromatic carbocycles. The van der Waals surface area contributed by atoms with Crippen molar-refractivity contribution >= 4 is 23.2 Å². The molecule has 0 radical (unpaired) electrons. The Morgan fingerprint density at radius 3 is 2.62 bits per heavy atom. The maximum atomic E-state index is 13.1. The number of para-hydroxylation sites is 1. The Bertz CT molecular complexity index is 1080. The molecule has 3 aromatic rings. The molecule has 0 aliphatic carbocycles. The van der Waals surface area contributed by atoms with Crippen molar-refractivity contribution in [2.45, 2.75) is 20.3 Å². The maximum Gasteiger partial charge on any atom is 0.259 e. The van der Waals surface area contributed by atoms with Crippen molar-refractivity contribution in [3.05, 3.63) is 89.2 Å². The van der Waals surface area contributed by atoms with Crippen LogP contribution >= 0.6 is 0 Å². The number of pyridine rings is 1. The minimum atomic E-state index is -0.165. The number of benzene rings is 2. The predicted octanol–water partition coefficient (Wildman–Crippen LogP) is 4.26. The maximum absolute atomic E-state index is 13.1. The first kappa shape index (κ1) is 18.9. The van der Waals surface area contributed by atoms with E-state index in [1.807, 2.05) is 62.4 Å². The number of hydrogen-bond donors (Lipinski definition) is 0. The Kier molecular flexibility index (Phi) is 5.12. The SMILES string of the molecule is CCN(C(=O)c1cncc(C(=O)N2CCc3ccccc32)c1)c1cccc(C)c1. The molecule has 0 atom stereocenters. The van der Waals surface area contributed by atoms with E-state index in [-0.39, 0.29) is 11.8 Å². The van der Waals surface area contributed by atoms with Gasteiger partial charge < -0.3 is 9.80 Å². The molecule has 0 N–H and O–H groups in total. The van der Waals surface area contributed by atoms with Crippen molar-refractivity contribution < 1.29 is 9.59 Å². The molecule has 1 aliphatic heterocycles. The Balaban J connectivity index is 1.62. The molecule has 0 unspecified atom stereocenters. The van der Waals surface area contributed by atoms with Crippen LogP contribution in [0.15, 0.2) is 67.0 Å². The van der Waals surface area contributed by atoms with E-state index in [1.54, 1.807) is 15.9 Å². The van der Waals surface area contributed by atoms with Crippen LogP contribution in [0.5, 0.6) is 0 Å². The third-order valence-corrected chi connectivity index (χ3v) is 5.24. The first-order chi connectivity index (χ1) is 14.1. The zero-order valence-corrected chi connectivity index (χ0v) is 16.6. The van der Waals surface area contributed by atoms with E-state index >= 15 is 0 Å². The molecular weight excluding hydrogens is 362 g/mol. The van der Waals surface area contributed by atoms with E-state index in [4.69, 9.17) is 0 Å². The van der Waals surface area contributed by atoms with Gasteiger partial charge in [0, 0.05) is 36.9 Å². The summed E-state index contributed by atoms with van der Waals surface area (Å²) >= 11 is 0. The van der Waals surface area contributed by atoms with Crippen molar-refractivity contribution in [2.75, 3.05) is 22.9 Å². The van der Waals surface area contributed by atoms with E-state index in [9.17, 15) is 9.59 Å². The zero-order valence-electron chi connectivity index (χ0n) is 16.6. The lowest BCUT2D eigenvalue weighted by atomic mass is 10.1. The molecule has 0 saturated carbocycles. The average Bonchev–Trinajstić information content (AvgIpc) is 3.18. The molecule has 5 nitrogen and oxygen atoms in total. The molecule has 0 spiro atoms. The molecule has 1 aromatic heterocycles. The van der Waals surface area contributed by atoms with Gasteiger partial charge in [-0.05, 0) is 55.7 Å². The van der Waals surface area contributed by atoms with Gasteiger partial charge in [0.2, 0.25) is 0 Å². The lowest BCUT2D eigenvalue weighted by Gasteiger charge is -2.22. The van der Waals surface area contributed by atoms with Crippen LogP contribution in [0.2, 0.25) is 0 Å². The first-order valence-electron chi connectivity index (χ1n) is 9.82. The highest BCUT2D eigenvalue weighted by atomic mass is 16.2. The van der Waals surface area contributed by atoms with Crippen molar-refractivity contribution in [3.63, 3.8) is 0 Å². The molecule has 146 valence electrons.